The average Bonchev–Trinajstić information content (AvgIpc) is 2.40. The van der Waals surface area contributed by atoms with Crippen LogP contribution < -0.4 is 5.32 Å². The fourth-order valence-electron chi connectivity index (χ4n) is 2.39. The summed E-state index contributed by atoms with van der Waals surface area (Å²) in [5, 5.41) is 3.63. The van der Waals surface area contributed by atoms with Gasteiger partial charge in [-0.05, 0) is 50.1 Å². The van der Waals surface area contributed by atoms with Crippen molar-refractivity contribution in [3.8, 4) is 0 Å². The van der Waals surface area contributed by atoms with E-state index in [1.807, 2.05) is 7.11 Å². The SMILES string of the molecule is COC1CCC(Nc2cccc(SC)c2)CC1. The maximum Gasteiger partial charge on any atom is 0.0572 e. The van der Waals surface area contributed by atoms with Crippen LogP contribution in [0.25, 0.3) is 0 Å². The molecule has 1 saturated carbocycles. The van der Waals surface area contributed by atoms with E-state index in [0.717, 1.165) is 0 Å². The van der Waals surface area contributed by atoms with E-state index in [0.29, 0.717) is 12.1 Å². The average molecular weight is 251 g/mol. The molecule has 1 fully saturated rings. The Labute approximate surface area is 108 Å². The normalized spacial score (nSPS) is 24.6. The number of nitrogens with one attached hydrogen (secondary N) is 1. The van der Waals surface area contributed by atoms with Gasteiger partial charge in [0.25, 0.3) is 0 Å². The summed E-state index contributed by atoms with van der Waals surface area (Å²) in [6, 6.07) is 9.26. The maximum absolute atomic E-state index is 5.40. The zero-order valence-corrected chi connectivity index (χ0v) is 11.4. The van der Waals surface area contributed by atoms with E-state index < -0.39 is 0 Å². The van der Waals surface area contributed by atoms with Gasteiger partial charge in [-0.2, -0.15) is 0 Å². The highest BCUT2D eigenvalue weighted by molar-refractivity contribution is 7.98. The number of hydrogen-bond donors (Lipinski definition) is 1. The lowest BCUT2D eigenvalue weighted by Gasteiger charge is -2.29. The smallest absolute Gasteiger partial charge is 0.0572 e. The molecule has 0 unspecified atom stereocenters. The summed E-state index contributed by atoms with van der Waals surface area (Å²) in [5.74, 6) is 0. The van der Waals surface area contributed by atoms with Crippen LogP contribution in [-0.4, -0.2) is 25.5 Å². The van der Waals surface area contributed by atoms with E-state index in [9.17, 15) is 0 Å². The van der Waals surface area contributed by atoms with Gasteiger partial charge in [0.1, 0.15) is 0 Å². The lowest BCUT2D eigenvalue weighted by molar-refractivity contribution is 0.0682. The molecule has 1 aliphatic rings. The third kappa shape index (κ3) is 3.65. The van der Waals surface area contributed by atoms with Gasteiger partial charge in [-0.3, -0.25) is 0 Å². The van der Waals surface area contributed by atoms with Gasteiger partial charge in [-0.25, -0.2) is 0 Å². The minimum Gasteiger partial charge on any atom is -0.382 e. The summed E-state index contributed by atoms with van der Waals surface area (Å²) in [6.07, 6.45) is 7.37. The van der Waals surface area contributed by atoms with E-state index in [1.165, 1.54) is 36.3 Å². The van der Waals surface area contributed by atoms with Crippen molar-refractivity contribution in [2.24, 2.45) is 0 Å². The monoisotopic (exact) mass is 251 g/mol. The van der Waals surface area contributed by atoms with Crippen molar-refractivity contribution in [2.45, 2.75) is 42.7 Å². The van der Waals surface area contributed by atoms with Gasteiger partial charge in [-0.1, -0.05) is 6.07 Å². The first kappa shape index (κ1) is 12.8. The molecule has 0 atom stereocenters. The molecular weight excluding hydrogens is 230 g/mol. The van der Waals surface area contributed by atoms with Crippen LogP contribution in [0.2, 0.25) is 0 Å². The molecule has 2 rings (SSSR count). The predicted octanol–water partition coefficient (Wildman–Crippen LogP) is 3.78. The Morgan fingerprint density at radius 1 is 1.24 bits per heavy atom. The van der Waals surface area contributed by atoms with Crippen LogP contribution >= 0.6 is 11.8 Å². The summed E-state index contributed by atoms with van der Waals surface area (Å²) in [4.78, 5) is 1.32. The van der Waals surface area contributed by atoms with Gasteiger partial charge < -0.3 is 10.1 Å². The zero-order valence-electron chi connectivity index (χ0n) is 10.6. The van der Waals surface area contributed by atoms with Gasteiger partial charge in [0.05, 0.1) is 6.10 Å². The highest BCUT2D eigenvalue weighted by Crippen LogP contribution is 2.25. The van der Waals surface area contributed by atoms with Gasteiger partial charge >= 0.3 is 0 Å². The molecule has 0 saturated heterocycles. The molecule has 1 aliphatic carbocycles. The Morgan fingerprint density at radius 2 is 2.00 bits per heavy atom. The molecule has 2 nitrogen and oxygen atoms in total. The highest BCUT2D eigenvalue weighted by atomic mass is 32.2. The number of ether oxygens (including phenoxy) is 1. The first-order chi connectivity index (χ1) is 8.31. The quantitative estimate of drug-likeness (QED) is 0.823. The van der Waals surface area contributed by atoms with Crippen LogP contribution in [-0.2, 0) is 4.74 Å². The third-order valence-electron chi connectivity index (χ3n) is 3.45. The number of thioether (sulfide) groups is 1. The molecule has 1 aromatic carbocycles. The summed E-state index contributed by atoms with van der Waals surface area (Å²) < 4.78 is 5.40. The molecular formula is C14H21NOS. The second-order valence-electron chi connectivity index (χ2n) is 4.59. The maximum atomic E-state index is 5.40. The molecule has 1 N–H and O–H groups in total. The van der Waals surface area contributed by atoms with E-state index in [1.54, 1.807) is 11.8 Å². The fourth-order valence-corrected chi connectivity index (χ4v) is 2.85. The molecule has 0 amide bonds. The molecule has 0 bridgehead atoms. The van der Waals surface area contributed by atoms with Gasteiger partial charge in [0.15, 0.2) is 0 Å². The lowest BCUT2D eigenvalue weighted by atomic mass is 9.93. The van der Waals surface area contributed by atoms with Crippen molar-refractivity contribution in [2.75, 3.05) is 18.7 Å². The Morgan fingerprint density at radius 3 is 2.65 bits per heavy atom. The van der Waals surface area contributed by atoms with Crippen molar-refractivity contribution < 1.29 is 4.74 Å². The second-order valence-corrected chi connectivity index (χ2v) is 5.47. The largest absolute Gasteiger partial charge is 0.382 e. The number of anilines is 1. The van der Waals surface area contributed by atoms with Gasteiger partial charge in [0.2, 0.25) is 0 Å². The Bertz CT molecular complexity index is 348. The third-order valence-corrected chi connectivity index (χ3v) is 4.17. The van der Waals surface area contributed by atoms with E-state index in [-0.39, 0.29) is 0 Å². The van der Waals surface area contributed by atoms with Crippen LogP contribution in [0.4, 0.5) is 5.69 Å². The first-order valence-corrected chi connectivity index (χ1v) is 7.47. The molecule has 0 aromatic heterocycles. The molecule has 0 aliphatic heterocycles. The Kier molecular flexibility index (Phi) is 4.75. The number of benzene rings is 1. The molecule has 94 valence electrons. The van der Waals surface area contributed by atoms with Crippen LogP contribution in [0.15, 0.2) is 29.2 Å². The van der Waals surface area contributed by atoms with Crippen molar-refractivity contribution in [3.05, 3.63) is 24.3 Å². The summed E-state index contributed by atoms with van der Waals surface area (Å²) >= 11 is 1.79. The molecule has 17 heavy (non-hydrogen) atoms. The molecule has 1 aromatic rings. The van der Waals surface area contributed by atoms with E-state index in [2.05, 4.69) is 35.8 Å². The van der Waals surface area contributed by atoms with Crippen molar-refractivity contribution in [3.63, 3.8) is 0 Å². The fraction of sp³-hybridized carbons (Fsp3) is 0.571. The second kappa shape index (κ2) is 6.31. The summed E-state index contributed by atoms with van der Waals surface area (Å²) in [5.41, 5.74) is 1.25. The molecule has 0 spiro atoms. The molecule has 3 heteroatoms. The molecule has 0 heterocycles. The van der Waals surface area contributed by atoms with E-state index >= 15 is 0 Å². The van der Waals surface area contributed by atoms with Crippen molar-refractivity contribution in [1.82, 2.24) is 0 Å². The first-order valence-electron chi connectivity index (χ1n) is 6.25. The number of methoxy groups -OCH3 is 1. The van der Waals surface area contributed by atoms with Crippen LogP contribution in [0, 0.1) is 0 Å². The summed E-state index contributed by atoms with van der Waals surface area (Å²) in [6.45, 7) is 0. The lowest BCUT2D eigenvalue weighted by Crippen LogP contribution is -2.29. The van der Waals surface area contributed by atoms with Gasteiger partial charge in [-0.15, -0.1) is 11.8 Å². The minimum atomic E-state index is 0.477. The zero-order chi connectivity index (χ0) is 12.1. The molecule has 0 radical (unpaired) electrons. The summed E-state index contributed by atoms with van der Waals surface area (Å²) in [7, 11) is 1.82. The van der Waals surface area contributed by atoms with Crippen molar-refractivity contribution >= 4 is 17.4 Å². The van der Waals surface area contributed by atoms with Crippen LogP contribution in [0.5, 0.6) is 0 Å². The van der Waals surface area contributed by atoms with Gasteiger partial charge in [0, 0.05) is 23.7 Å². The van der Waals surface area contributed by atoms with Crippen LogP contribution in [0.1, 0.15) is 25.7 Å². The number of rotatable bonds is 4. The van der Waals surface area contributed by atoms with E-state index in [4.69, 9.17) is 4.74 Å². The van der Waals surface area contributed by atoms with Crippen molar-refractivity contribution in [1.29, 1.82) is 0 Å². The number of hydrogen-bond acceptors (Lipinski definition) is 3. The standard InChI is InChI=1S/C14H21NOS/c1-16-13-8-6-11(7-9-13)15-12-4-3-5-14(10-12)17-2/h3-5,10-11,13,15H,6-9H2,1-2H3. The highest BCUT2D eigenvalue weighted by Gasteiger charge is 2.20. The Hall–Kier alpha value is -0.670. The minimum absolute atomic E-state index is 0.477. The topological polar surface area (TPSA) is 21.3 Å². The Balaban J connectivity index is 1.88. The van der Waals surface area contributed by atoms with Crippen LogP contribution in [0.3, 0.4) is 0 Å². The predicted molar refractivity (Wildman–Crippen MR) is 74.9 cm³/mol.